The standard InChI is InChI=1S/C24H26N4/c1-13-17-11-24(25-12-17)16(4)23-10-9-22(28-23)15(3)21-8-7-20(27-21)14(2)19-6-5-18(13)26-19/h5-6,11-12,26,28H,7-10H2,1-4H3. The van der Waals surface area contributed by atoms with Gasteiger partial charge in [-0.15, -0.1) is 0 Å². The summed E-state index contributed by atoms with van der Waals surface area (Å²) in [5.74, 6) is 0. The molecule has 2 N–H and O–H groups in total. The number of aromatic nitrogens is 3. The van der Waals surface area contributed by atoms with E-state index in [0.29, 0.717) is 0 Å². The summed E-state index contributed by atoms with van der Waals surface area (Å²) in [5.41, 5.74) is 14.6. The number of H-pyrrole nitrogens is 2. The van der Waals surface area contributed by atoms with Gasteiger partial charge in [0.15, 0.2) is 0 Å². The molecule has 0 saturated heterocycles. The smallest absolute Gasteiger partial charge is 0.0682 e. The van der Waals surface area contributed by atoms with Crippen LogP contribution in [0.4, 0.5) is 5.69 Å². The van der Waals surface area contributed by atoms with Crippen LogP contribution >= 0.6 is 0 Å². The zero-order valence-electron chi connectivity index (χ0n) is 17.0. The van der Waals surface area contributed by atoms with Crippen LogP contribution in [0.1, 0.15) is 50.6 Å². The molecular weight excluding hydrogens is 344 g/mol. The largest absolute Gasteiger partial charge is 0.362 e. The third kappa shape index (κ3) is 2.67. The summed E-state index contributed by atoms with van der Waals surface area (Å²) in [6, 6.07) is 6.55. The maximum absolute atomic E-state index is 5.02. The van der Waals surface area contributed by atoms with Gasteiger partial charge < -0.3 is 9.97 Å². The first-order valence-electron chi connectivity index (χ1n) is 10.1. The Bertz CT molecular complexity index is 1210. The van der Waals surface area contributed by atoms with E-state index >= 15 is 0 Å². The maximum Gasteiger partial charge on any atom is 0.0682 e. The SMILES string of the molecule is Cc1c2cc(c(C)c3ccc([nH]3)c(C)c3nc(c(C)c4[nH]c1CC4)CC3)C=N2. The van der Waals surface area contributed by atoms with Crippen molar-refractivity contribution in [2.24, 2.45) is 4.99 Å². The number of rotatable bonds is 0. The number of aryl methyl sites for hydroxylation is 6. The van der Waals surface area contributed by atoms with Crippen molar-refractivity contribution in [3.63, 3.8) is 0 Å². The third-order valence-corrected chi connectivity index (χ3v) is 6.51. The number of fused-ring (bicyclic) bond motifs is 8. The third-order valence-electron chi connectivity index (χ3n) is 6.51. The fourth-order valence-corrected chi connectivity index (χ4v) is 4.42. The van der Waals surface area contributed by atoms with Crippen LogP contribution in [0.5, 0.6) is 0 Å². The molecular formula is C24H26N4. The van der Waals surface area contributed by atoms with Crippen molar-refractivity contribution in [2.45, 2.75) is 53.4 Å². The fourth-order valence-electron chi connectivity index (χ4n) is 4.42. The second-order valence-corrected chi connectivity index (χ2v) is 8.12. The van der Waals surface area contributed by atoms with E-state index in [9.17, 15) is 0 Å². The van der Waals surface area contributed by atoms with Gasteiger partial charge in [0.05, 0.1) is 5.69 Å². The molecule has 2 aromatic rings. The van der Waals surface area contributed by atoms with E-state index in [1.54, 1.807) is 0 Å². The molecule has 5 heterocycles. The number of hydrogen-bond donors (Lipinski definition) is 2. The average molecular weight is 371 g/mol. The first-order chi connectivity index (χ1) is 13.5. The van der Waals surface area contributed by atoms with Gasteiger partial charge in [0.2, 0.25) is 0 Å². The molecule has 0 atom stereocenters. The van der Waals surface area contributed by atoms with Crippen molar-refractivity contribution in [1.29, 1.82) is 0 Å². The number of nitrogens with zero attached hydrogens (tertiary/aromatic N) is 2. The molecule has 8 bridgehead atoms. The van der Waals surface area contributed by atoms with E-state index in [1.165, 1.54) is 50.6 Å². The van der Waals surface area contributed by atoms with Gasteiger partial charge in [-0.2, -0.15) is 0 Å². The summed E-state index contributed by atoms with van der Waals surface area (Å²) < 4.78 is 0. The minimum atomic E-state index is 1.01. The number of hydrogen-bond acceptors (Lipinski definition) is 2. The Balaban J connectivity index is 1.92. The average Bonchev–Trinajstić information content (AvgIpc) is 3.49. The number of aromatic amines is 2. The van der Waals surface area contributed by atoms with Gasteiger partial charge in [-0.1, -0.05) is 0 Å². The van der Waals surface area contributed by atoms with Crippen molar-refractivity contribution in [3.05, 3.63) is 68.8 Å². The van der Waals surface area contributed by atoms with E-state index in [1.807, 2.05) is 6.21 Å². The molecule has 0 aromatic carbocycles. The number of aliphatic imine (C=N–C) groups is 1. The lowest BCUT2D eigenvalue weighted by Gasteiger charge is -1.99. The quantitative estimate of drug-likeness (QED) is 0.562. The van der Waals surface area contributed by atoms with Crippen molar-refractivity contribution >= 4 is 22.9 Å². The Morgan fingerprint density at radius 3 is 2.11 bits per heavy atom. The topological polar surface area (TPSA) is 56.8 Å². The molecule has 28 heavy (non-hydrogen) atoms. The van der Waals surface area contributed by atoms with E-state index in [2.05, 4.69) is 55.9 Å². The summed E-state index contributed by atoms with van der Waals surface area (Å²) >= 11 is 0. The second-order valence-electron chi connectivity index (χ2n) is 8.12. The predicted octanol–water partition coefficient (Wildman–Crippen LogP) is 5.20. The maximum atomic E-state index is 5.02. The lowest BCUT2D eigenvalue weighted by molar-refractivity contribution is 0.970. The van der Waals surface area contributed by atoms with Gasteiger partial charge in [-0.3, -0.25) is 9.98 Å². The summed E-state index contributed by atoms with van der Waals surface area (Å²) in [4.78, 5) is 17.0. The van der Waals surface area contributed by atoms with Crippen LogP contribution in [-0.4, -0.2) is 21.2 Å². The molecule has 3 aliphatic rings. The monoisotopic (exact) mass is 370 g/mol. The van der Waals surface area contributed by atoms with Gasteiger partial charge in [0.25, 0.3) is 0 Å². The molecule has 2 aromatic heterocycles. The molecule has 142 valence electrons. The van der Waals surface area contributed by atoms with Crippen LogP contribution in [0.2, 0.25) is 0 Å². The normalized spacial score (nSPS) is 14.4. The molecule has 4 heteroatoms. The van der Waals surface area contributed by atoms with Crippen molar-refractivity contribution in [2.75, 3.05) is 0 Å². The fraction of sp³-hybridized carbons (Fsp3) is 0.333. The minimum Gasteiger partial charge on any atom is -0.362 e. The van der Waals surface area contributed by atoms with Crippen LogP contribution < -0.4 is 0 Å². The molecule has 0 radical (unpaired) electrons. The molecule has 3 aliphatic heterocycles. The van der Waals surface area contributed by atoms with Gasteiger partial charge in [-0.05, 0) is 99.4 Å². The van der Waals surface area contributed by atoms with Crippen LogP contribution in [0.25, 0.3) is 11.0 Å². The van der Waals surface area contributed by atoms with E-state index in [-0.39, 0.29) is 0 Å². The highest BCUT2D eigenvalue weighted by molar-refractivity contribution is 5.91. The Labute approximate surface area is 165 Å². The van der Waals surface area contributed by atoms with Gasteiger partial charge in [0.1, 0.15) is 0 Å². The summed E-state index contributed by atoms with van der Waals surface area (Å²) in [6.07, 6.45) is 6.11. The Kier molecular flexibility index (Phi) is 3.90. The van der Waals surface area contributed by atoms with E-state index in [0.717, 1.165) is 42.4 Å². The van der Waals surface area contributed by atoms with Crippen LogP contribution in [-0.2, 0) is 25.7 Å². The van der Waals surface area contributed by atoms with Crippen molar-refractivity contribution < 1.29 is 0 Å². The molecule has 0 amide bonds. The van der Waals surface area contributed by atoms with Gasteiger partial charge >= 0.3 is 0 Å². The van der Waals surface area contributed by atoms with E-state index in [4.69, 9.17) is 9.98 Å². The Morgan fingerprint density at radius 2 is 1.36 bits per heavy atom. The highest BCUT2D eigenvalue weighted by Gasteiger charge is 2.17. The van der Waals surface area contributed by atoms with Crippen molar-refractivity contribution in [1.82, 2.24) is 15.0 Å². The highest BCUT2D eigenvalue weighted by atomic mass is 14.8. The summed E-state index contributed by atoms with van der Waals surface area (Å²) in [7, 11) is 0. The van der Waals surface area contributed by atoms with Crippen LogP contribution in [0.3, 0.4) is 0 Å². The molecule has 0 saturated carbocycles. The molecule has 0 fully saturated rings. The summed E-state index contributed by atoms with van der Waals surface area (Å²) in [6.45, 7) is 8.73. The first-order valence-corrected chi connectivity index (χ1v) is 10.1. The first kappa shape index (κ1) is 17.2. The molecule has 5 rings (SSSR count). The van der Waals surface area contributed by atoms with Crippen molar-refractivity contribution in [3.8, 4) is 0 Å². The Morgan fingerprint density at radius 1 is 0.714 bits per heavy atom. The predicted molar refractivity (Wildman–Crippen MR) is 116 cm³/mol. The molecule has 4 nitrogen and oxygen atoms in total. The lowest BCUT2D eigenvalue weighted by Crippen LogP contribution is -1.91. The minimum absolute atomic E-state index is 1.01. The summed E-state index contributed by atoms with van der Waals surface area (Å²) in [5, 5.41) is 0. The zero-order chi connectivity index (χ0) is 19.4. The van der Waals surface area contributed by atoms with Crippen LogP contribution in [0, 0.1) is 27.7 Å². The highest BCUT2D eigenvalue weighted by Crippen LogP contribution is 2.29. The van der Waals surface area contributed by atoms with Gasteiger partial charge in [-0.25, -0.2) is 0 Å². The second kappa shape index (κ2) is 6.33. The lowest BCUT2D eigenvalue weighted by atomic mass is 10.1. The van der Waals surface area contributed by atoms with Gasteiger partial charge in [0, 0.05) is 40.0 Å². The molecule has 0 spiro atoms. The van der Waals surface area contributed by atoms with E-state index < -0.39 is 0 Å². The molecule has 0 unspecified atom stereocenters. The zero-order valence-corrected chi connectivity index (χ0v) is 17.0. The number of nitrogens with one attached hydrogen (secondary N) is 2. The van der Waals surface area contributed by atoms with Crippen LogP contribution in [0.15, 0.2) is 23.2 Å². The Hall–Kier alpha value is -2.88. The molecule has 0 aliphatic carbocycles.